The maximum Gasteiger partial charge on any atom is 0.302 e. The zero-order chi connectivity index (χ0) is 15.5. The first-order chi connectivity index (χ1) is 10.6. The summed E-state index contributed by atoms with van der Waals surface area (Å²) < 4.78 is 23.6. The van der Waals surface area contributed by atoms with Gasteiger partial charge in [-0.2, -0.15) is 0 Å². The molecule has 0 amide bonds. The van der Waals surface area contributed by atoms with E-state index in [1.165, 1.54) is 19.1 Å². The van der Waals surface area contributed by atoms with E-state index in [0.717, 1.165) is 43.6 Å². The van der Waals surface area contributed by atoms with Crippen molar-refractivity contribution >= 4 is 16.9 Å². The lowest BCUT2D eigenvalue weighted by atomic mass is 9.92. The van der Waals surface area contributed by atoms with Gasteiger partial charge in [0.05, 0.1) is 0 Å². The van der Waals surface area contributed by atoms with Crippen molar-refractivity contribution in [3.8, 4) is 0 Å². The van der Waals surface area contributed by atoms with E-state index in [9.17, 15) is 9.18 Å². The Hall–Kier alpha value is -1.95. The van der Waals surface area contributed by atoms with Crippen LogP contribution in [0.4, 0.5) is 4.39 Å². The summed E-state index contributed by atoms with van der Waals surface area (Å²) in [6.07, 6.45) is 1.92. The third-order valence-corrected chi connectivity index (χ3v) is 4.14. The standard InChI is InChI=1S/C16H19FN2O3/c1-11(20)21-9-8-19-6-4-12(5-7-19)16-14-3-2-13(17)10-15(14)18-22-16/h2-3,10,12H,4-9H2,1H3. The number of nitrogens with zero attached hydrogens (tertiary/aromatic N) is 2. The smallest absolute Gasteiger partial charge is 0.302 e. The average molecular weight is 306 g/mol. The van der Waals surface area contributed by atoms with E-state index in [0.29, 0.717) is 18.0 Å². The Kier molecular flexibility index (Phi) is 4.38. The van der Waals surface area contributed by atoms with Crippen molar-refractivity contribution in [2.45, 2.75) is 25.7 Å². The Morgan fingerprint density at radius 2 is 2.23 bits per heavy atom. The molecule has 1 fully saturated rings. The minimum absolute atomic E-state index is 0.241. The van der Waals surface area contributed by atoms with E-state index in [4.69, 9.17) is 9.26 Å². The molecule has 2 heterocycles. The molecule has 2 aromatic rings. The first kappa shape index (κ1) is 15.0. The van der Waals surface area contributed by atoms with Crippen LogP contribution in [0.1, 0.15) is 31.4 Å². The second-order valence-corrected chi connectivity index (χ2v) is 5.66. The van der Waals surface area contributed by atoms with Crippen LogP contribution in [0.15, 0.2) is 22.7 Å². The molecule has 0 unspecified atom stereocenters. The number of esters is 1. The number of carbonyl (C=O) groups excluding carboxylic acids is 1. The minimum Gasteiger partial charge on any atom is -0.465 e. The molecular formula is C16H19FN2O3. The van der Waals surface area contributed by atoms with Gasteiger partial charge in [0, 0.05) is 30.8 Å². The number of likely N-dealkylation sites (tertiary alicyclic amines) is 1. The highest BCUT2D eigenvalue weighted by Crippen LogP contribution is 2.33. The van der Waals surface area contributed by atoms with Crippen molar-refractivity contribution in [2.75, 3.05) is 26.2 Å². The third-order valence-electron chi connectivity index (χ3n) is 4.14. The number of aromatic nitrogens is 1. The zero-order valence-corrected chi connectivity index (χ0v) is 12.5. The van der Waals surface area contributed by atoms with Gasteiger partial charge in [-0.15, -0.1) is 0 Å². The van der Waals surface area contributed by atoms with Crippen molar-refractivity contribution in [3.05, 3.63) is 29.8 Å². The fourth-order valence-corrected chi connectivity index (χ4v) is 2.97. The van der Waals surface area contributed by atoms with Gasteiger partial charge in [-0.05, 0) is 38.1 Å². The average Bonchev–Trinajstić information content (AvgIpc) is 2.90. The van der Waals surface area contributed by atoms with Crippen LogP contribution in [0, 0.1) is 5.82 Å². The highest BCUT2D eigenvalue weighted by molar-refractivity contribution is 5.80. The van der Waals surface area contributed by atoms with E-state index in [1.807, 2.05) is 0 Å². The predicted octanol–water partition coefficient (Wildman–Crippen LogP) is 2.71. The first-order valence-corrected chi connectivity index (χ1v) is 7.54. The molecule has 1 saturated heterocycles. The van der Waals surface area contributed by atoms with Gasteiger partial charge in [0.2, 0.25) is 0 Å². The zero-order valence-electron chi connectivity index (χ0n) is 12.5. The summed E-state index contributed by atoms with van der Waals surface area (Å²) in [5, 5.41) is 4.86. The molecule has 0 bridgehead atoms. The largest absolute Gasteiger partial charge is 0.465 e. The highest BCUT2D eigenvalue weighted by Gasteiger charge is 2.25. The summed E-state index contributed by atoms with van der Waals surface area (Å²) in [7, 11) is 0. The summed E-state index contributed by atoms with van der Waals surface area (Å²) >= 11 is 0. The molecule has 6 heteroatoms. The van der Waals surface area contributed by atoms with Crippen molar-refractivity contribution in [1.82, 2.24) is 10.1 Å². The maximum atomic E-state index is 13.2. The van der Waals surface area contributed by atoms with Gasteiger partial charge >= 0.3 is 5.97 Å². The lowest BCUT2D eigenvalue weighted by Gasteiger charge is -2.30. The molecule has 1 aromatic carbocycles. The molecule has 0 aliphatic carbocycles. The SMILES string of the molecule is CC(=O)OCCN1CCC(c2onc3cc(F)ccc23)CC1. The van der Waals surface area contributed by atoms with Crippen molar-refractivity contribution in [3.63, 3.8) is 0 Å². The molecule has 0 N–H and O–H groups in total. The van der Waals surface area contributed by atoms with Gasteiger partial charge in [0.15, 0.2) is 0 Å². The Bertz CT molecular complexity index is 662. The van der Waals surface area contributed by atoms with Crippen LogP contribution < -0.4 is 0 Å². The number of hydrogen-bond donors (Lipinski definition) is 0. The number of hydrogen-bond acceptors (Lipinski definition) is 5. The van der Waals surface area contributed by atoms with Gasteiger partial charge < -0.3 is 9.26 Å². The van der Waals surface area contributed by atoms with Crippen LogP contribution in [0.25, 0.3) is 10.9 Å². The second kappa shape index (κ2) is 6.44. The summed E-state index contributed by atoms with van der Waals surface area (Å²) in [5.41, 5.74) is 0.576. The van der Waals surface area contributed by atoms with E-state index < -0.39 is 0 Å². The van der Waals surface area contributed by atoms with Crippen LogP contribution in [0.2, 0.25) is 0 Å². The molecule has 1 aromatic heterocycles. The molecule has 0 spiro atoms. The van der Waals surface area contributed by atoms with Gasteiger partial charge in [0.1, 0.15) is 23.7 Å². The third kappa shape index (κ3) is 3.27. The molecule has 5 nitrogen and oxygen atoms in total. The van der Waals surface area contributed by atoms with Crippen LogP contribution in [0.3, 0.4) is 0 Å². The second-order valence-electron chi connectivity index (χ2n) is 5.66. The Balaban J connectivity index is 1.59. The van der Waals surface area contributed by atoms with Gasteiger partial charge in [-0.1, -0.05) is 5.16 Å². The Morgan fingerprint density at radius 1 is 1.45 bits per heavy atom. The lowest BCUT2D eigenvalue weighted by molar-refractivity contribution is -0.141. The predicted molar refractivity (Wildman–Crippen MR) is 79.0 cm³/mol. The summed E-state index contributed by atoms with van der Waals surface area (Å²) in [6, 6.07) is 4.58. The summed E-state index contributed by atoms with van der Waals surface area (Å²) in [5.74, 6) is 0.623. The fraction of sp³-hybridized carbons (Fsp3) is 0.500. The molecule has 1 aliphatic rings. The van der Waals surface area contributed by atoms with E-state index in [-0.39, 0.29) is 11.8 Å². The van der Waals surface area contributed by atoms with E-state index in [2.05, 4.69) is 10.1 Å². The Labute approximate surface area is 128 Å². The quantitative estimate of drug-likeness (QED) is 0.813. The molecule has 0 atom stereocenters. The normalized spacial score (nSPS) is 17.0. The van der Waals surface area contributed by atoms with Crippen molar-refractivity contribution in [2.24, 2.45) is 0 Å². The molecular weight excluding hydrogens is 287 g/mol. The van der Waals surface area contributed by atoms with Crippen LogP contribution in [-0.4, -0.2) is 42.3 Å². The molecule has 3 rings (SSSR count). The Morgan fingerprint density at radius 3 is 2.95 bits per heavy atom. The highest BCUT2D eigenvalue weighted by atomic mass is 19.1. The number of rotatable bonds is 4. The van der Waals surface area contributed by atoms with Crippen LogP contribution in [-0.2, 0) is 9.53 Å². The topological polar surface area (TPSA) is 55.6 Å². The van der Waals surface area contributed by atoms with Gasteiger partial charge in [-0.25, -0.2) is 4.39 Å². The lowest BCUT2D eigenvalue weighted by Crippen LogP contribution is -2.35. The number of halogens is 1. The van der Waals surface area contributed by atoms with Gasteiger partial charge in [0.25, 0.3) is 0 Å². The van der Waals surface area contributed by atoms with E-state index in [1.54, 1.807) is 6.07 Å². The fourth-order valence-electron chi connectivity index (χ4n) is 2.97. The van der Waals surface area contributed by atoms with Crippen molar-refractivity contribution < 1.29 is 18.4 Å². The monoisotopic (exact) mass is 306 g/mol. The first-order valence-electron chi connectivity index (χ1n) is 7.54. The molecule has 0 saturated carbocycles. The summed E-state index contributed by atoms with van der Waals surface area (Å²) in [4.78, 5) is 13.0. The number of carbonyl (C=O) groups is 1. The maximum absolute atomic E-state index is 13.2. The number of fused-ring (bicyclic) bond motifs is 1. The molecule has 0 radical (unpaired) electrons. The molecule has 22 heavy (non-hydrogen) atoms. The number of benzene rings is 1. The molecule has 118 valence electrons. The van der Waals surface area contributed by atoms with Crippen LogP contribution in [0.5, 0.6) is 0 Å². The minimum atomic E-state index is -0.298. The van der Waals surface area contributed by atoms with Gasteiger partial charge in [-0.3, -0.25) is 9.69 Å². The number of ether oxygens (including phenoxy) is 1. The van der Waals surface area contributed by atoms with Crippen LogP contribution >= 0.6 is 0 Å². The van der Waals surface area contributed by atoms with Crippen molar-refractivity contribution in [1.29, 1.82) is 0 Å². The van der Waals surface area contributed by atoms with E-state index >= 15 is 0 Å². The molecule has 1 aliphatic heterocycles. The summed E-state index contributed by atoms with van der Waals surface area (Å²) in [6.45, 7) is 4.47. The number of piperidine rings is 1.